The first-order chi connectivity index (χ1) is 7.79. The van der Waals surface area contributed by atoms with Gasteiger partial charge in [-0.1, -0.05) is 6.07 Å². The van der Waals surface area contributed by atoms with Gasteiger partial charge in [0.2, 0.25) is 5.91 Å². The average Bonchev–Trinajstić information content (AvgIpc) is 2.39. The summed E-state index contributed by atoms with van der Waals surface area (Å²) in [6.07, 6.45) is 1.64. The summed E-state index contributed by atoms with van der Waals surface area (Å²) in [7, 11) is 0. The van der Waals surface area contributed by atoms with Crippen LogP contribution in [0.25, 0.3) is 0 Å². The SMILES string of the molecule is NC(C(=O)N1CCOCC1)c1ccccn1. The van der Waals surface area contributed by atoms with E-state index in [1.54, 1.807) is 23.2 Å². The number of hydrogen-bond acceptors (Lipinski definition) is 4. The molecule has 2 rings (SSSR count). The van der Waals surface area contributed by atoms with Crippen LogP contribution >= 0.6 is 0 Å². The van der Waals surface area contributed by atoms with Crippen LogP contribution in [0.2, 0.25) is 0 Å². The van der Waals surface area contributed by atoms with E-state index in [1.165, 1.54) is 0 Å². The molecule has 1 aromatic heterocycles. The third kappa shape index (κ3) is 2.37. The molecular formula is C11H15N3O2. The van der Waals surface area contributed by atoms with Crippen molar-refractivity contribution in [1.82, 2.24) is 9.88 Å². The maximum atomic E-state index is 12.0. The molecular weight excluding hydrogens is 206 g/mol. The van der Waals surface area contributed by atoms with E-state index in [0.717, 1.165) is 0 Å². The molecule has 1 amide bonds. The number of amides is 1. The summed E-state index contributed by atoms with van der Waals surface area (Å²) in [5.41, 5.74) is 6.49. The minimum absolute atomic E-state index is 0.0815. The fourth-order valence-corrected chi connectivity index (χ4v) is 1.67. The highest BCUT2D eigenvalue weighted by atomic mass is 16.5. The van der Waals surface area contributed by atoms with Crippen LogP contribution in [0.1, 0.15) is 11.7 Å². The summed E-state index contributed by atoms with van der Waals surface area (Å²) in [6.45, 7) is 2.39. The molecule has 1 aliphatic rings. The minimum Gasteiger partial charge on any atom is -0.378 e. The van der Waals surface area contributed by atoms with Crippen molar-refractivity contribution < 1.29 is 9.53 Å². The first kappa shape index (κ1) is 11.0. The Balaban J connectivity index is 2.04. The Morgan fingerprint density at radius 1 is 1.44 bits per heavy atom. The van der Waals surface area contributed by atoms with Crippen LogP contribution < -0.4 is 5.73 Å². The number of carbonyl (C=O) groups excluding carboxylic acids is 1. The van der Waals surface area contributed by atoms with Gasteiger partial charge in [-0.25, -0.2) is 0 Å². The molecule has 1 aromatic rings. The molecule has 2 heterocycles. The highest BCUT2D eigenvalue weighted by molar-refractivity contribution is 5.82. The van der Waals surface area contributed by atoms with E-state index in [0.29, 0.717) is 32.0 Å². The van der Waals surface area contributed by atoms with Crippen molar-refractivity contribution in [3.63, 3.8) is 0 Å². The Morgan fingerprint density at radius 3 is 2.81 bits per heavy atom. The van der Waals surface area contributed by atoms with E-state index in [9.17, 15) is 4.79 Å². The van der Waals surface area contributed by atoms with Gasteiger partial charge in [-0.2, -0.15) is 0 Å². The Kier molecular flexibility index (Phi) is 3.48. The highest BCUT2D eigenvalue weighted by Crippen LogP contribution is 2.11. The molecule has 5 nitrogen and oxygen atoms in total. The summed E-state index contributed by atoms with van der Waals surface area (Å²) in [5.74, 6) is -0.0815. The average molecular weight is 221 g/mol. The second-order valence-corrected chi connectivity index (χ2v) is 3.67. The van der Waals surface area contributed by atoms with Crippen LogP contribution in [0, 0.1) is 0 Å². The Bertz CT molecular complexity index is 350. The van der Waals surface area contributed by atoms with Gasteiger partial charge < -0.3 is 15.4 Å². The number of nitrogens with two attached hydrogens (primary N) is 1. The normalized spacial score (nSPS) is 18.2. The zero-order chi connectivity index (χ0) is 11.4. The molecule has 0 aromatic carbocycles. The monoisotopic (exact) mass is 221 g/mol. The van der Waals surface area contributed by atoms with Gasteiger partial charge in [0.1, 0.15) is 6.04 Å². The summed E-state index contributed by atoms with van der Waals surface area (Å²) < 4.78 is 5.18. The van der Waals surface area contributed by atoms with Crippen molar-refractivity contribution in [3.8, 4) is 0 Å². The minimum atomic E-state index is -0.667. The van der Waals surface area contributed by atoms with Crippen molar-refractivity contribution in [3.05, 3.63) is 30.1 Å². The molecule has 5 heteroatoms. The van der Waals surface area contributed by atoms with E-state index in [4.69, 9.17) is 10.5 Å². The van der Waals surface area contributed by atoms with Crippen molar-refractivity contribution in [2.75, 3.05) is 26.3 Å². The van der Waals surface area contributed by atoms with Crippen LogP contribution in [0.15, 0.2) is 24.4 Å². The molecule has 86 valence electrons. The lowest BCUT2D eigenvalue weighted by Gasteiger charge is -2.28. The van der Waals surface area contributed by atoms with Gasteiger partial charge in [0.25, 0.3) is 0 Å². The predicted octanol–water partition coefficient (Wildman–Crippen LogP) is -0.0598. The fraction of sp³-hybridized carbons (Fsp3) is 0.455. The number of morpholine rings is 1. The lowest BCUT2D eigenvalue weighted by molar-refractivity contribution is -0.136. The third-order valence-electron chi connectivity index (χ3n) is 2.60. The molecule has 1 saturated heterocycles. The van der Waals surface area contributed by atoms with E-state index >= 15 is 0 Å². The Hall–Kier alpha value is -1.46. The molecule has 1 fully saturated rings. The summed E-state index contributed by atoms with van der Waals surface area (Å²) in [5, 5.41) is 0. The molecule has 1 atom stereocenters. The van der Waals surface area contributed by atoms with Gasteiger partial charge in [0.05, 0.1) is 18.9 Å². The summed E-state index contributed by atoms with van der Waals surface area (Å²) in [4.78, 5) is 17.8. The number of aromatic nitrogens is 1. The smallest absolute Gasteiger partial charge is 0.245 e. The highest BCUT2D eigenvalue weighted by Gasteiger charge is 2.24. The maximum absolute atomic E-state index is 12.0. The van der Waals surface area contributed by atoms with Crippen LogP contribution in [-0.2, 0) is 9.53 Å². The number of nitrogens with zero attached hydrogens (tertiary/aromatic N) is 2. The zero-order valence-electron chi connectivity index (χ0n) is 9.00. The van der Waals surface area contributed by atoms with E-state index in [2.05, 4.69) is 4.98 Å². The number of ether oxygens (including phenoxy) is 1. The zero-order valence-corrected chi connectivity index (χ0v) is 9.00. The van der Waals surface area contributed by atoms with Gasteiger partial charge in [0, 0.05) is 19.3 Å². The number of carbonyl (C=O) groups is 1. The van der Waals surface area contributed by atoms with E-state index in [1.807, 2.05) is 6.07 Å². The topological polar surface area (TPSA) is 68.5 Å². The van der Waals surface area contributed by atoms with Gasteiger partial charge in [-0.15, -0.1) is 0 Å². The predicted molar refractivity (Wildman–Crippen MR) is 58.6 cm³/mol. The van der Waals surface area contributed by atoms with Gasteiger partial charge in [0.15, 0.2) is 0 Å². The molecule has 0 radical (unpaired) electrons. The van der Waals surface area contributed by atoms with Crippen LogP contribution in [0.3, 0.4) is 0 Å². The lowest BCUT2D eigenvalue weighted by atomic mass is 10.1. The third-order valence-corrected chi connectivity index (χ3v) is 2.60. The van der Waals surface area contributed by atoms with Gasteiger partial charge in [-0.3, -0.25) is 9.78 Å². The summed E-state index contributed by atoms with van der Waals surface area (Å²) >= 11 is 0. The molecule has 0 saturated carbocycles. The first-order valence-electron chi connectivity index (χ1n) is 5.32. The molecule has 1 unspecified atom stereocenters. The van der Waals surface area contributed by atoms with Gasteiger partial charge >= 0.3 is 0 Å². The standard InChI is InChI=1S/C11H15N3O2/c12-10(9-3-1-2-4-13-9)11(15)14-5-7-16-8-6-14/h1-4,10H,5-8,12H2. The molecule has 0 spiro atoms. The van der Waals surface area contributed by atoms with Crippen molar-refractivity contribution in [2.45, 2.75) is 6.04 Å². The maximum Gasteiger partial charge on any atom is 0.245 e. The molecule has 1 aliphatic heterocycles. The number of hydrogen-bond donors (Lipinski definition) is 1. The second-order valence-electron chi connectivity index (χ2n) is 3.67. The van der Waals surface area contributed by atoms with Crippen LogP contribution in [0.5, 0.6) is 0 Å². The Morgan fingerprint density at radius 2 is 2.19 bits per heavy atom. The largest absolute Gasteiger partial charge is 0.378 e. The second kappa shape index (κ2) is 5.05. The van der Waals surface area contributed by atoms with Crippen LogP contribution in [-0.4, -0.2) is 42.1 Å². The molecule has 0 bridgehead atoms. The summed E-state index contributed by atoms with van der Waals surface area (Å²) in [6, 6.07) is 4.73. The quantitative estimate of drug-likeness (QED) is 0.759. The Labute approximate surface area is 94.2 Å². The van der Waals surface area contributed by atoms with E-state index < -0.39 is 6.04 Å². The van der Waals surface area contributed by atoms with Crippen LogP contribution in [0.4, 0.5) is 0 Å². The van der Waals surface area contributed by atoms with E-state index in [-0.39, 0.29) is 5.91 Å². The molecule has 0 aliphatic carbocycles. The number of pyridine rings is 1. The van der Waals surface area contributed by atoms with Crippen molar-refractivity contribution >= 4 is 5.91 Å². The lowest BCUT2D eigenvalue weighted by Crippen LogP contribution is -2.45. The van der Waals surface area contributed by atoms with Crippen molar-refractivity contribution in [2.24, 2.45) is 5.73 Å². The van der Waals surface area contributed by atoms with Crippen molar-refractivity contribution in [1.29, 1.82) is 0 Å². The molecule has 16 heavy (non-hydrogen) atoms. The van der Waals surface area contributed by atoms with Gasteiger partial charge in [-0.05, 0) is 12.1 Å². The fourth-order valence-electron chi connectivity index (χ4n) is 1.67. The molecule has 2 N–H and O–H groups in total. The first-order valence-corrected chi connectivity index (χ1v) is 5.32. The number of rotatable bonds is 2.